The van der Waals surface area contributed by atoms with Gasteiger partial charge in [-0.25, -0.2) is 0 Å². The maximum absolute atomic E-state index is 13.2. The normalized spacial score (nSPS) is 15.0. The summed E-state index contributed by atoms with van der Waals surface area (Å²) in [6.45, 7) is 2.93. The topological polar surface area (TPSA) is 47.8 Å². The van der Waals surface area contributed by atoms with Crippen LogP contribution in [0.25, 0.3) is 0 Å². The minimum Gasteiger partial charge on any atom is -0.306 e. The number of carbonyl (C=O) groups is 1. The van der Waals surface area contributed by atoms with Gasteiger partial charge in [-0.05, 0) is 25.3 Å². The molecule has 1 heterocycles. The summed E-state index contributed by atoms with van der Waals surface area (Å²) in [6.07, 6.45) is 2.38. The van der Waals surface area contributed by atoms with Crippen LogP contribution in [0.2, 0.25) is 0 Å². The van der Waals surface area contributed by atoms with Crippen molar-refractivity contribution >= 4 is 17.5 Å². The Morgan fingerprint density at radius 3 is 2.35 bits per heavy atom. The number of Topliss-reactive ketones (excluding diaryl/α,β-unsaturated/α-hetero) is 1. The number of benzene rings is 2. The van der Waals surface area contributed by atoms with E-state index in [-0.39, 0.29) is 11.0 Å². The number of hydrogen-bond acceptors (Lipinski definition) is 4. The molecule has 1 saturated carbocycles. The van der Waals surface area contributed by atoms with Crippen molar-refractivity contribution in [2.75, 3.05) is 0 Å². The van der Waals surface area contributed by atoms with Crippen LogP contribution < -0.4 is 0 Å². The van der Waals surface area contributed by atoms with Crippen LogP contribution >= 0.6 is 11.8 Å². The number of aromatic nitrogens is 3. The number of thioether (sulfide) groups is 1. The van der Waals surface area contributed by atoms with Gasteiger partial charge in [0.25, 0.3) is 0 Å². The van der Waals surface area contributed by atoms with Crippen molar-refractivity contribution in [3.8, 4) is 0 Å². The zero-order chi connectivity index (χ0) is 17.9. The minimum atomic E-state index is -0.333. The van der Waals surface area contributed by atoms with Gasteiger partial charge in [-0.2, -0.15) is 0 Å². The molecule has 0 N–H and O–H groups in total. The fourth-order valence-corrected chi connectivity index (χ4v) is 4.27. The average Bonchev–Trinajstić information content (AvgIpc) is 3.47. The van der Waals surface area contributed by atoms with E-state index in [0.717, 1.165) is 28.7 Å². The summed E-state index contributed by atoms with van der Waals surface area (Å²) in [7, 11) is 0. The molecule has 4 nitrogen and oxygen atoms in total. The lowest BCUT2D eigenvalue weighted by Crippen LogP contribution is -2.11. The summed E-state index contributed by atoms with van der Waals surface area (Å²) < 4.78 is 2.16. The van der Waals surface area contributed by atoms with Crippen LogP contribution in [0.4, 0.5) is 0 Å². The Morgan fingerprint density at radius 1 is 1.08 bits per heavy atom. The Morgan fingerprint density at radius 2 is 1.73 bits per heavy atom. The number of rotatable bonds is 7. The second-order valence-electron chi connectivity index (χ2n) is 6.50. The van der Waals surface area contributed by atoms with Crippen molar-refractivity contribution in [3.05, 3.63) is 77.6 Å². The van der Waals surface area contributed by atoms with Crippen molar-refractivity contribution in [2.24, 2.45) is 0 Å². The van der Waals surface area contributed by atoms with Gasteiger partial charge in [-0.15, -0.1) is 10.2 Å². The standard InChI is InChI=1S/C21H21N3OS/c1-2-24-20(17-13-14-17)22-23-21(24)26-19(16-11-7-4-8-12-16)18(25)15-9-5-3-6-10-15/h3-12,17,19H,2,13-14H2,1H3. The Balaban J connectivity index is 1.69. The Labute approximate surface area is 157 Å². The lowest BCUT2D eigenvalue weighted by atomic mass is 10.0. The third kappa shape index (κ3) is 3.44. The van der Waals surface area contributed by atoms with E-state index in [1.54, 1.807) is 0 Å². The molecule has 0 spiro atoms. The van der Waals surface area contributed by atoms with Gasteiger partial charge in [0.1, 0.15) is 11.1 Å². The first-order valence-electron chi connectivity index (χ1n) is 9.02. The average molecular weight is 363 g/mol. The molecule has 5 heteroatoms. The number of carbonyl (C=O) groups excluding carboxylic acids is 1. The molecule has 0 saturated heterocycles. The molecule has 0 amide bonds. The van der Waals surface area contributed by atoms with Crippen LogP contribution in [0.1, 0.15) is 52.7 Å². The first kappa shape index (κ1) is 17.0. The van der Waals surface area contributed by atoms with Crippen LogP contribution in [0.3, 0.4) is 0 Å². The molecule has 1 fully saturated rings. The van der Waals surface area contributed by atoms with E-state index in [4.69, 9.17) is 0 Å². The SMILES string of the molecule is CCn1c(SC(C(=O)c2ccccc2)c2ccccc2)nnc1C1CC1. The number of nitrogens with zero attached hydrogens (tertiary/aromatic N) is 3. The Bertz CT molecular complexity index is 888. The highest BCUT2D eigenvalue weighted by atomic mass is 32.2. The lowest BCUT2D eigenvalue weighted by molar-refractivity contribution is 0.0989. The van der Waals surface area contributed by atoms with Crippen LogP contribution in [0, 0.1) is 0 Å². The second-order valence-corrected chi connectivity index (χ2v) is 7.57. The zero-order valence-electron chi connectivity index (χ0n) is 14.7. The van der Waals surface area contributed by atoms with Crippen LogP contribution in [0.15, 0.2) is 65.8 Å². The van der Waals surface area contributed by atoms with E-state index in [9.17, 15) is 4.79 Å². The van der Waals surface area contributed by atoms with E-state index < -0.39 is 0 Å². The molecule has 1 aliphatic rings. The van der Waals surface area contributed by atoms with E-state index >= 15 is 0 Å². The first-order valence-corrected chi connectivity index (χ1v) is 9.90. The molecule has 0 bridgehead atoms. The highest BCUT2D eigenvalue weighted by Gasteiger charge is 2.32. The molecule has 26 heavy (non-hydrogen) atoms. The summed E-state index contributed by atoms with van der Waals surface area (Å²) in [4.78, 5) is 13.2. The molecular weight excluding hydrogens is 342 g/mol. The predicted molar refractivity (Wildman–Crippen MR) is 103 cm³/mol. The van der Waals surface area contributed by atoms with Gasteiger partial charge in [-0.1, -0.05) is 72.4 Å². The molecule has 3 aromatic rings. The molecule has 4 rings (SSSR count). The summed E-state index contributed by atoms with van der Waals surface area (Å²) in [6, 6.07) is 19.4. The lowest BCUT2D eigenvalue weighted by Gasteiger charge is -2.16. The van der Waals surface area contributed by atoms with Crippen LogP contribution in [0.5, 0.6) is 0 Å². The van der Waals surface area contributed by atoms with Crippen molar-refractivity contribution in [1.82, 2.24) is 14.8 Å². The quantitative estimate of drug-likeness (QED) is 0.443. The second kappa shape index (κ2) is 7.46. The van der Waals surface area contributed by atoms with Gasteiger partial charge in [0, 0.05) is 18.0 Å². The zero-order valence-corrected chi connectivity index (χ0v) is 15.5. The van der Waals surface area contributed by atoms with E-state index in [0.29, 0.717) is 5.92 Å². The van der Waals surface area contributed by atoms with Crippen LogP contribution in [-0.2, 0) is 6.54 Å². The molecule has 0 aliphatic heterocycles. The molecule has 1 unspecified atom stereocenters. The molecule has 2 aromatic carbocycles. The highest BCUT2D eigenvalue weighted by molar-refractivity contribution is 8.00. The van der Waals surface area contributed by atoms with E-state index in [1.807, 2.05) is 60.7 Å². The maximum atomic E-state index is 13.2. The number of hydrogen-bond donors (Lipinski definition) is 0. The van der Waals surface area contributed by atoms with Gasteiger partial charge in [0.15, 0.2) is 10.9 Å². The molecule has 0 radical (unpaired) electrons. The summed E-state index contributed by atoms with van der Waals surface area (Å²) in [5.41, 5.74) is 1.71. The fourth-order valence-electron chi connectivity index (χ4n) is 3.09. The molecular formula is C21H21N3OS. The molecule has 1 aliphatic carbocycles. The monoisotopic (exact) mass is 363 g/mol. The Hall–Kier alpha value is -2.40. The third-order valence-electron chi connectivity index (χ3n) is 4.63. The molecule has 1 atom stereocenters. The van der Waals surface area contributed by atoms with E-state index in [1.165, 1.54) is 24.6 Å². The van der Waals surface area contributed by atoms with Crippen molar-refractivity contribution < 1.29 is 4.79 Å². The Kier molecular flexibility index (Phi) is 4.89. The highest BCUT2D eigenvalue weighted by Crippen LogP contribution is 2.42. The smallest absolute Gasteiger partial charge is 0.192 e. The van der Waals surface area contributed by atoms with Gasteiger partial charge in [0.2, 0.25) is 0 Å². The minimum absolute atomic E-state index is 0.0976. The predicted octanol–water partition coefficient (Wildman–Crippen LogP) is 4.89. The van der Waals surface area contributed by atoms with Gasteiger partial charge < -0.3 is 4.57 Å². The summed E-state index contributed by atoms with van der Waals surface area (Å²) >= 11 is 1.50. The first-order chi connectivity index (χ1) is 12.8. The maximum Gasteiger partial charge on any atom is 0.192 e. The number of ketones is 1. The molecule has 1 aromatic heterocycles. The van der Waals surface area contributed by atoms with Crippen molar-refractivity contribution in [2.45, 2.75) is 42.6 Å². The third-order valence-corrected chi connectivity index (χ3v) is 5.86. The summed E-state index contributed by atoms with van der Waals surface area (Å²) in [5, 5.41) is 9.32. The van der Waals surface area contributed by atoms with Crippen molar-refractivity contribution in [1.29, 1.82) is 0 Å². The van der Waals surface area contributed by atoms with Crippen LogP contribution in [-0.4, -0.2) is 20.5 Å². The van der Waals surface area contributed by atoms with Gasteiger partial charge in [-0.3, -0.25) is 4.79 Å². The fraction of sp³-hybridized carbons (Fsp3) is 0.286. The summed E-state index contributed by atoms with van der Waals surface area (Å²) in [5.74, 6) is 1.70. The largest absolute Gasteiger partial charge is 0.306 e. The van der Waals surface area contributed by atoms with Gasteiger partial charge >= 0.3 is 0 Å². The van der Waals surface area contributed by atoms with Gasteiger partial charge in [0.05, 0.1) is 0 Å². The molecule has 132 valence electrons. The van der Waals surface area contributed by atoms with E-state index in [2.05, 4.69) is 21.7 Å². The van der Waals surface area contributed by atoms with Crippen molar-refractivity contribution in [3.63, 3.8) is 0 Å².